The van der Waals surface area contributed by atoms with E-state index in [0.717, 1.165) is 38.1 Å². The highest BCUT2D eigenvalue weighted by Crippen LogP contribution is 2.29. The molecular weight excluding hydrogens is 242 g/mol. The number of rotatable bonds is 4. The lowest BCUT2D eigenvalue weighted by molar-refractivity contribution is -0.133. The lowest BCUT2D eigenvalue weighted by atomic mass is 9.98. The monoisotopic (exact) mass is 267 g/mol. The van der Waals surface area contributed by atoms with Crippen LogP contribution in [0.5, 0.6) is 0 Å². The fourth-order valence-corrected chi connectivity index (χ4v) is 3.37. The molecule has 2 aliphatic rings. The molecule has 1 saturated heterocycles. The van der Waals surface area contributed by atoms with E-state index in [9.17, 15) is 4.79 Å². The van der Waals surface area contributed by atoms with Crippen LogP contribution in [-0.2, 0) is 4.79 Å². The minimum absolute atomic E-state index is 0.170. The average Bonchev–Trinajstić information content (AvgIpc) is 2.97. The molecule has 5 nitrogen and oxygen atoms in total. The van der Waals surface area contributed by atoms with Gasteiger partial charge in [0.1, 0.15) is 0 Å². The van der Waals surface area contributed by atoms with Gasteiger partial charge in [0, 0.05) is 13.0 Å². The van der Waals surface area contributed by atoms with Gasteiger partial charge in [0.25, 0.3) is 0 Å². The second-order valence-electron chi connectivity index (χ2n) is 5.81. The Morgan fingerprint density at radius 3 is 2.58 bits per heavy atom. The molecule has 3 N–H and O–H groups in total. The van der Waals surface area contributed by atoms with Gasteiger partial charge in [-0.25, -0.2) is 0 Å². The van der Waals surface area contributed by atoms with Gasteiger partial charge in [0.15, 0.2) is 5.84 Å². The van der Waals surface area contributed by atoms with Gasteiger partial charge in [-0.1, -0.05) is 30.8 Å². The first-order valence-corrected chi connectivity index (χ1v) is 7.49. The van der Waals surface area contributed by atoms with Gasteiger partial charge in [-0.05, 0) is 31.6 Å². The van der Waals surface area contributed by atoms with Gasteiger partial charge < -0.3 is 15.8 Å². The van der Waals surface area contributed by atoms with Crippen LogP contribution in [0, 0.1) is 5.92 Å². The number of oxime groups is 1. The summed E-state index contributed by atoms with van der Waals surface area (Å²) in [6, 6.07) is -0.199. The smallest absolute Gasteiger partial charge is 0.223 e. The minimum atomic E-state index is -0.199. The highest BCUT2D eigenvalue weighted by atomic mass is 16.4. The Bertz CT molecular complexity index is 338. The molecule has 108 valence electrons. The predicted molar refractivity (Wildman–Crippen MR) is 74.0 cm³/mol. The van der Waals surface area contributed by atoms with E-state index in [0.29, 0.717) is 6.42 Å². The van der Waals surface area contributed by atoms with Crippen LogP contribution in [0.1, 0.15) is 57.8 Å². The van der Waals surface area contributed by atoms with Crippen molar-refractivity contribution in [2.45, 2.75) is 63.8 Å². The number of carbonyl (C=O) groups excluding carboxylic acids is 1. The molecule has 0 aromatic heterocycles. The van der Waals surface area contributed by atoms with Crippen LogP contribution in [0.15, 0.2) is 5.16 Å². The molecule has 2 fully saturated rings. The third-order valence-corrected chi connectivity index (χ3v) is 4.52. The van der Waals surface area contributed by atoms with Crippen LogP contribution in [0.4, 0.5) is 0 Å². The first kappa shape index (κ1) is 14.2. The average molecular weight is 267 g/mol. The summed E-state index contributed by atoms with van der Waals surface area (Å²) in [5.41, 5.74) is 5.70. The summed E-state index contributed by atoms with van der Waals surface area (Å²) in [6.45, 7) is 0.740. The molecular formula is C14H25N3O2. The molecule has 1 atom stereocenters. The fraction of sp³-hybridized carbons (Fsp3) is 0.857. The molecule has 1 amide bonds. The van der Waals surface area contributed by atoms with Crippen LogP contribution in [0.3, 0.4) is 0 Å². The Morgan fingerprint density at radius 2 is 1.89 bits per heavy atom. The number of nitrogens with two attached hydrogens (primary N) is 1. The minimum Gasteiger partial charge on any atom is -0.409 e. The zero-order valence-corrected chi connectivity index (χ0v) is 11.6. The van der Waals surface area contributed by atoms with Crippen molar-refractivity contribution >= 4 is 11.7 Å². The Balaban J connectivity index is 1.87. The van der Waals surface area contributed by atoms with Crippen LogP contribution in [-0.4, -0.2) is 34.4 Å². The van der Waals surface area contributed by atoms with Gasteiger partial charge >= 0.3 is 0 Å². The lowest BCUT2D eigenvalue weighted by Gasteiger charge is -2.35. The molecule has 0 bridgehead atoms. The van der Waals surface area contributed by atoms with E-state index in [1.54, 1.807) is 0 Å². The number of hydrogen-bond donors (Lipinski definition) is 2. The van der Waals surface area contributed by atoms with Crippen molar-refractivity contribution in [1.82, 2.24) is 4.90 Å². The zero-order valence-electron chi connectivity index (χ0n) is 11.6. The first-order chi connectivity index (χ1) is 9.22. The third kappa shape index (κ3) is 3.61. The molecule has 1 unspecified atom stereocenters. The molecule has 0 spiro atoms. The number of hydrogen-bond acceptors (Lipinski definition) is 3. The van der Waals surface area contributed by atoms with Gasteiger partial charge in [-0.2, -0.15) is 0 Å². The fourth-order valence-electron chi connectivity index (χ4n) is 3.37. The molecule has 0 aromatic carbocycles. The van der Waals surface area contributed by atoms with Gasteiger partial charge in [0.2, 0.25) is 5.91 Å². The summed E-state index contributed by atoms with van der Waals surface area (Å²) in [5, 5.41) is 11.9. The second kappa shape index (κ2) is 6.78. The SMILES string of the molecule is NC(=NO)C1CCCCN1C(=O)CCC1CCCC1. The van der Waals surface area contributed by atoms with E-state index in [1.165, 1.54) is 25.7 Å². The summed E-state index contributed by atoms with van der Waals surface area (Å²) >= 11 is 0. The maximum Gasteiger partial charge on any atom is 0.223 e. The number of amidine groups is 1. The number of amides is 1. The van der Waals surface area contributed by atoms with Crippen molar-refractivity contribution < 1.29 is 10.0 Å². The molecule has 1 aliphatic carbocycles. The number of carbonyl (C=O) groups is 1. The molecule has 0 radical (unpaired) electrons. The summed E-state index contributed by atoms with van der Waals surface area (Å²) in [5.74, 6) is 1.08. The highest BCUT2D eigenvalue weighted by molar-refractivity contribution is 5.90. The predicted octanol–water partition coefficient (Wildman–Crippen LogP) is 2.08. The van der Waals surface area contributed by atoms with Crippen molar-refractivity contribution in [1.29, 1.82) is 0 Å². The van der Waals surface area contributed by atoms with Gasteiger partial charge in [0.05, 0.1) is 6.04 Å². The number of nitrogens with zero attached hydrogens (tertiary/aromatic N) is 2. The first-order valence-electron chi connectivity index (χ1n) is 7.49. The van der Waals surface area contributed by atoms with Crippen molar-refractivity contribution in [3.63, 3.8) is 0 Å². The largest absolute Gasteiger partial charge is 0.409 e. The normalized spacial score (nSPS) is 25.8. The van der Waals surface area contributed by atoms with Gasteiger partial charge in [-0.15, -0.1) is 0 Å². The van der Waals surface area contributed by atoms with Crippen molar-refractivity contribution in [2.24, 2.45) is 16.8 Å². The third-order valence-electron chi connectivity index (χ3n) is 4.52. The van der Waals surface area contributed by atoms with Crippen molar-refractivity contribution in [3.8, 4) is 0 Å². The maximum absolute atomic E-state index is 12.3. The highest BCUT2D eigenvalue weighted by Gasteiger charge is 2.30. The van der Waals surface area contributed by atoms with Crippen LogP contribution in [0.25, 0.3) is 0 Å². The molecule has 2 rings (SSSR count). The Labute approximate surface area is 114 Å². The van der Waals surface area contributed by atoms with E-state index in [1.807, 2.05) is 4.90 Å². The molecule has 1 saturated carbocycles. The standard InChI is InChI=1S/C14H25N3O2/c15-14(16-19)12-7-3-4-10-17(12)13(18)9-8-11-5-1-2-6-11/h11-12,19H,1-10H2,(H2,15,16). The molecule has 19 heavy (non-hydrogen) atoms. The Kier molecular flexibility index (Phi) is 5.05. The molecule has 1 aliphatic heterocycles. The summed E-state index contributed by atoms with van der Waals surface area (Å²) in [6.07, 6.45) is 9.65. The zero-order chi connectivity index (χ0) is 13.7. The maximum atomic E-state index is 12.3. The lowest BCUT2D eigenvalue weighted by Crippen LogP contribution is -2.50. The van der Waals surface area contributed by atoms with Crippen LogP contribution >= 0.6 is 0 Å². The van der Waals surface area contributed by atoms with Gasteiger partial charge in [-0.3, -0.25) is 4.79 Å². The van der Waals surface area contributed by atoms with E-state index in [4.69, 9.17) is 10.9 Å². The Hall–Kier alpha value is -1.26. The quantitative estimate of drug-likeness (QED) is 0.354. The van der Waals surface area contributed by atoms with E-state index >= 15 is 0 Å². The van der Waals surface area contributed by atoms with E-state index in [2.05, 4.69) is 5.16 Å². The Morgan fingerprint density at radius 1 is 1.21 bits per heavy atom. The van der Waals surface area contributed by atoms with Crippen LogP contribution < -0.4 is 5.73 Å². The molecule has 5 heteroatoms. The van der Waals surface area contributed by atoms with E-state index < -0.39 is 0 Å². The number of piperidine rings is 1. The van der Waals surface area contributed by atoms with Crippen molar-refractivity contribution in [2.75, 3.05) is 6.54 Å². The second-order valence-corrected chi connectivity index (χ2v) is 5.81. The van der Waals surface area contributed by atoms with Crippen molar-refractivity contribution in [3.05, 3.63) is 0 Å². The van der Waals surface area contributed by atoms with Crippen LogP contribution in [0.2, 0.25) is 0 Å². The topological polar surface area (TPSA) is 78.9 Å². The number of likely N-dealkylation sites (tertiary alicyclic amines) is 1. The van der Waals surface area contributed by atoms with E-state index in [-0.39, 0.29) is 17.8 Å². The molecule has 1 heterocycles. The summed E-state index contributed by atoms with van der Waals surface area (Å²) < 4.78 is 0. The molecule has 0 aromatic rings. The summed E-state index contributed by atoms with van der Waals surface area (Å²) in [7, 11) is 0. The summed E-state index contributed by atoms with van der Waals surface area (Å²) in [4.78, 5) is 14.1.